The Bertz CT molecular complexity index is 377. The number of phenolic OH excluding ortho intramolecular Hbond substituents is 1. The summed E-state index contributed by atoms with van der Waals surface area (Å²) in [7, 11) is 2.20. The Balaban J connectivity index is 1.72. The lowest BCUT2D eigenvalue weighted by atomic mass is 10.0. The molecule has 0 amide bonds. The summed E-state index contributed by atoms with van der Waals surface area (Å²) < 4.78 is 0. The summed E-state index contributed by atoms with van der Waals surface area (Å²) >= 11 is 0. The highest BCUT2D eigenvalue weighted by molar-refractivity contribution is 5.25. The number of aryl methyl sites for hydroxylation is 1. The van der Waals surface area contributed by atoms with Crippen molar-refractivity contribution in [3.05, 3.63) is 29.8 Å². The predicted molar refractivity (Wildman–Crippen MR) is 79.5 cm³/mol. The Morgan fingerprint density at radius 3 is 2.79 bits per heavy atom. The molecule has 0 bridgehead atoms. The molecule has 0 aliphatic carbocycles. The van der Waals surface area contributed by atoms with Gasteiger partial charge in [0.15, 0.2) is 0 Å². The maximum absolute atomic E-state index is 9.26. The Morgan fingerprint density at radius 1 is 1.37 bits per heavy atom. The molecule has 1 heterocycles. The van der Waals surface area contributed by atoms with E-state index in [1.165, 1.54) is 31.5 Å². The third-order valence-electron chi connectivity index (χ3n) is 3.95. The van der Waals surface area contributed by atoms with Gasteiger partial charge in [-0.25, -0.2) is 0 Å². The summed E-state index contributed by atoms with van der Waals surface area (Å²) in [5.74, 6) is 0.347. The van der Waals surface area contributed by atoms with Gasteiger partial charge < -0.3 is 15.3 Å². The predicted octanol–water partition coefficient (Wildman–Crippen LogP) is 2.40. The van der Waals surface area contributed by atoms with Gasteiger partial charge in [0.1, 0.15) is 5.75 Å². The van der Waals surface area contributed by atoms with Crippen molar-refractivity contribution in [2.45, 2.75) is 44.7 Å². The quantitative estimate of drug-likeness (QED) is 0.855. The highest BCUT2D eigenvalue weighted by atomic mass is 16.3. The van der Waals surface area contributed by atoms with E-state index in [1.54, 1.807) is 12.1 Å². The van der Waals surface area contributed by atoms with Crippen LogP contribution in [0.5, 0.6) is 5.75 Å². The maximum atomic E-state index is 9.26. The van der Waals surface area contributed by atoms with E-state index in [2.05, 4.69) is 24.2 Å². The van der Waals surface area contributed by atoms with Crippen LogP contribution in [0.15, 0.2) is 24.3 Å². The second kappa shape index (κ2) is 6.92. The van der Waals surface area contributed by atoms with E-state index in [0.717, 1.165) is 12.8 Å². The van der Waals surface area contributed by atoms with Gasteiger partial charge in [-0.05, 0) is 63.9 Å². The van der Waals surface area contributed by atoms with Crippen molar-refractivity contribution in [3.63, 3.8) is 0 Å². The first-order chi connectivity index (χ1) is 9.13. The van der Waals surface area contributed by atoms with Crippen molar-refractivity contribution >= 4 is 0 Å². The van der Waals surface area contributed by atoms with Crippen LogP contribution in [-0.4, -0.2) is 42.2 Å². The number of hydrogen-bond acceptors (Lipinski definition) is 3. The van der Waals surface area contributed by atoms with Gasteiger partial charge in [0.25, 0.3) is 0 Å². The largest absolute Gasteiger partial charge is 0.508 e. The van der Waals surface area contributed by atoms with Crippen molar-refractivity contribution in [2.24, 2.45) is 0 Å². The molecular formula is C16H26N2O. The van der Waals surface area contributed by atoms with E-state index in [9.17, 15) is 5.11 Å². The van der Waals surface area contributed by atoms with Crippen LogP contribution in [0.3, 0.4) is 0 Å². The lowest BCUT2D eigenvalue weighted by molar-refractivity contribution is 0.216. The molecule has 1 aromatic rings. The highest BCUT2D eigenvalue weighted by Gasteiger charge is 2.18. The van der Waals surface area contributed by atoms with Crippen molar-refractivity contribution in [2.75, 3.05) is 20.1 Å². The highest BCUT2D eigenvalue weighted by Crippen LogP contribution is 2.13. The first-order valence-corrected chi connectivity index (χ1v) is 7.36. The number of likely N-dealkylation sites (N-methyl/N-ethyl adjacent to an activating group) is 1. The van der Waals surface area contributed by atoms with Crippen molar-refractivity contribution in [1.29, 1.82) is 0 Å². The number of nitrogens with one attached hydrogen (secondary N) is 1. The number of rotatable bonds is 5. The van der Waals surface area contributed by atoms with Crippen LogP contribution in [0.1, 0.15) is 31.7 Å². The molecular weight excluding hydrogens is 236 g/mol. The molecule has 0 aromatic heterocycles. The van der Waals surface area contributed by atoms with Crippen LogP contribution >= 0.6 is 0 Å². The van der Waals surface area contributed by atoms with Gasteiger partial charge in [-0.15, -0.1) is 0 Å². The molecule has 0 radical (unpaired) electrons. The second-order valence-electron chi connectivity index (χ2n) is 5.87. The lowest BCUT2D eigenvalue weighted by Crippen LogP contribution is -2.47. The minimum atomic E-state index is 0.347. The average Bonchev–Trinajstić information content (AvgIpc) is 2.38. The third kappa shape index (κ3) is 4.84. The maximum Gasteiger partial charge on any atom is 0.115 e. The van der Waals surface area contributed by atoms with Crippen LogP contribution in [0.2, 0.25) is 0 Å². The summed E-state index contributed by atoms with van der Waals surface area (Å²) in [4.78, 5) is 2.41. The fourth-order valence-corrected chi connectivity index (χ4v) is 2.83. The Kier molecular flexibility index (Phi) is 5.23. The number of likely N-dealkylation sites (tertiary alicyclic amines) is 1. The first-order valence-electron chi connectivity index (χ1n) is 7.36. The summed E-state index contributed by atoms with van der Waals surface area (Å²) in [6, 6.07) is 8.75. The second-order valence-corrected chi connectivity index (χ2v) is 5.87. The zero-order valence-electron chi connectivity index (χ0n) is 12.1. The SMILES string of the molecule is CC(CCc1ccc(O)cc1)NC1CCCN(C)C1. The molecule has 2 atom stereocenters. The first kappa shape index (κ1) is 14.4. The topological polar surface area (TPSA) is 35.5 Å². The summed E-state index contributed by atoms with van der Waals surface area (Å²) in [5, 5.41) is 13.0. The van der Waals surface area contributed by atoms with Crippen LogP contribution in [0, 0.1) is 0 Å². The molecule has 106 valence electrons. The number of aromatic hydroxyl groups is 1. The van der Waals surface area contributed by atoms with E-state index in [1.807, 2.05) is 12.1 Å². The number of hydrogen-bond donors (Lipinski definition) is 2. The van der Waals surface area contributed by atoms with E-state index in [0.29, 0.717) is 17.8 Å². The van der Waals surface area contributed by atoms with Crippen molar-refractivity contribution in [3.8, 4) is 5.75 Å². The van der Waals surface area contributed by atoms with Gasteiger partial charge in [0.2, 0.25) is 0 Å². The summed E-state index contributed by atoms with van der Waals surface area (Å²) in [6.45, 7) is 4.68. The molecule has 1 aliphatic heterocycles. The van der Waals surface area contributed by atoms with E-state index >= 15 is 0 Å². The van der Waals surface area contributed by atoms with Crippen molar-refractivity contribution < 1.29 is 5.11 Å². The molecule has 19 heavy (non-hydrogen) atoms. The van der Waals surface area contributed by atoms with Gasteiger partial charge in [-0.1, -0.05) is 12.1 Å². The molecule has 1 fully saturated rings. The zero-order valence-corrected chi connectivity index (χ0v) is 12.1. The summed E-state index contributed by atoms with van der Waals surface area (Å²) in [5.41, 5.74) is 1.30. The molecule has 0 spiro atoms. The minimum Gasteiger partial charge on any atom is -0.508 e. The lowest BCUT2D eigenvalue weighted by Gasteiger charge is -2.32. The molecule has 2 N–H and O–H groups in total. The number of benzene rings is 1. The number of piperidine rings is 1. The fraction of sp³-hybridized carbons (Fsp3) is 0.625. The van der Waals surface area contributed by atoms with Crippen LogP contribution in [-0.2, 0) is 6.42 Å². The fourth-order valence-electron chi connectivity index (χ4n) is 2.83. The Hall–Kier alpha value is -1.06. The Morgan fingerprint density at radius 2 is 2.11 bits per heavy atom. The third-order valence-corrected chi connectivity index (χ3v) is 3.95. The molecule has 3 nitrogen and oxygen atoms in total. The molecule has 0 saturated carbocycles. The molecule has 2 unspecified atom stereocenters. The van der Waals surface area contributed by atoms with Crippen LogP contribution in [0.4, 0.5) is 0 Å². The van der Waals surface area contributed by atoms with E-state index in [-0.39, 0.29) is 0 Å². The molecule has 1 saturated heterocycles. The van der Waals surface area contributed by atoms with E-state index < -0.39 is 0 Å². The van der Waals surface area contributed by atoms with Crippen LogP contribution in [0.25, 0.3) is 0 Å². The molecule has 1 aliphatic rings. The average molecular weight is 262 g/mol. The van der Waals surface area contributed by atoms with Gasteiger partial charge in [-0.2, -0.15) is 0 Å². The minimum absolute atomic E-state index is 0.347. The molecule has 3 heteroatoms. The standard InChI is InChI=1S/C16H26N2O/c1-13(17-15-4-3-11-18(2)12-15)5-6-14-7-9-16(19)10-8-14/h7-10,13,15,17,19H,3-6,11-12H2,1-2H3. The van der Waals surface area contributed by atoms with Crippen molar-refractivity contribution in [1.82, 2.24) is 10.2 Å². The van der Waals surface area contributed by atoms with Gasteiger partial charge in [-0.3, -0.25) is 0 Å². The summed E-state index contributed by atoms with van der Waals surface area (Å²) in [6.07, 6.45) is 4.81. The van der Waals surface area contributed by atoms with Crippen LogP contribution < -0.4 is 5.32 Å². The monoisotopic (exact) mass is 262 g/mol. The zero-order chi connectivity index (χ0) is 13.7. The molecule has 2 rings (SSSR count). The normalized spacial score (nSPS) is 22.3. The van der Waals surface area contributed by atoms with E-state index in [4.69, 9.17) is 0 Å². The smallest absolute Gasteiger partial charge is 0.115 e. The van der Waals surface area contributed by atoms with Gasteiger partial charge >= 0.3 is 0 Å². The van der Waals surface area contributed by atoms with Gasteiger partial charge in [0, 0.05) is 18.6 Å². The molecule has 1 aromatic carbocycles. The number of nitrogens with zero attached hydrogens (tertiary/aromatic N) is 1. The number of phenols is 1. The van der Waals surface area contributed by atoms with Gasteiger partial charge in [0.05, 0.1) is 0 Å². The Labute approximate surface area is 116 Å².